The number of hydrogen-bond donors (Lipinski definition) is 2. The van der Waals surface area contributed by atoms with E-state index in [4.69, 9.17) is 15.2 Å². The van der Waals surface area contributed by atoms with E-state index in [2.05, 4.69) is 34.6 Å². The van der Waals surface area contributed by atoms with E-state index in [0.29, 0.717) is 23.4 Å². The highest BCUT2D eigenvalue weighted by molar-refractivity contribution is 14.0. The topological polar surface area (TPSA) is 68.9 Å². The molecule has 0 bridgehead atoms. The van der Waals surface area contributed by atoms with Crippen LogP contribution in [0.25, 0.3) is 0 Å². The minimum Gasteiger partial charge on any atom is -0.493 e. The van der Waals surface area contributed by atoms with Crippen molar-refractivity contribution in [3.8, 4) is 11.5 Å². The molecule has 5 nitrogen and oxygen atoms in total. The number of benzene rings is 2. The standard InChI is InChI=1S/C19H23N3O2.HI/c1-23-17-9-8-15(12-18(17)24-2)21-19(20)22-16-10-14(11-16)13-6-4-3-5-7-13;/h3-9,12,14,16H,10-11H2,1-2H3,(H3,20,21,22);1H. The molecule has 0 saturated heterocycles. The number of methoxy groups -OCH3 is 2. The van der Waals surface area contributed by atoms with Crippen LogP contribution >= 0.6 is 24.0 Å². The van der Waals surface area contributed by atoms with Gasteiger partial charge in [-0.15, -0.1) is 24.0 Å². The zero-order valence-corrected chi connectivity index (χ0v) is 16.8. The third-order valence-corrected chi connectivity index (χ3v) is 4.36. The van der Waals surface area contributed by atoms with Crippen molar-refractivity contribution >= 4 is 35.6 Å². The second-order valence-corrected chi connectivity index (χ2v) is 5.94. The van der Waals surface area contributed by atoms with Crippen molar-refractivity contribution in [3.63, 3.8) is 0 Å². The Labute approximate surface area is 165 Å². The van der Waals surface area contributed by atoms with Crippen LogP contribution in [0.2, 0.25) is 0 Å². The number of aliphatic imine (C=N–C) groups is 1. The molecule has 1 fully saturated rings. The summed E-state index contributed by atoms with van der Waals surface area (Å²) in [6, 6.07) is 16.4. The Morgan fingerprint density at radius 1 is 1.04 bits per heavy atom. The van der Waals surface area contributed by atoms with Gasteiger partial charge in [-0.05, 0) is 36.5 Å². The second kappa shape index (κ2) is 8.94. The molecule has 0 atom stereocenters. The maximum absolute atomic E-state index is 6.03. The van der Waals surface area contributed by atoms with E-state index in [9.17, 15) is 0 Å². The summed E-state index contributed by atoms with van der Waals surface area (Å²) in [7, 11) is 3.22. The number of rotatable bonds is 5. The lowest BCUT2D eigenvalue weighted by atomic mass is 9.76. The van der Waals surface area contributed by atoms with Crippen molar-refractivity contribution in [3.05, 3.63) is 54.1 Å². The molecule has 134 valence electrons. The van der Waals surface area contributed by atoms with Gasteiger partial charge in [0.25, 0.3) is 0 Å². The Bertz CT molecular complexity index is 716. The van der Waals surface area contributed by atoms with Crippen LogP contribution in [0.3, 0.4) is 0 Å². The highest BCUT2D eigenvalue weighted by atomic mass is 127. The van der Waals surface area contributed by atoms with E-state index >= 15 is 0 Å². The molecule has 0 radical (unpaired) electrons. The van der Waals surface area contributed by atoms with Crippen LogP contribution in [0.4, 0.5) is 5.69 Å². The van der Waals surface area contributed by atoms with Crippen molar-refractivity contribution in [2.45, 2.75) is 24.8 Å². The predicted molar refractivity (Wildman–Crippen MR) is 112 cm³/mol. The average molecular weight is 453 g/mol. The first kappa shape index (κ1) is 19.4. The van der Waals surface area contributed by atoms with Crippen LogP contribution in [0, 0.1) is 0 Å². The molecule has 0 aliphatic heterocycles. The first-order valence-electron chi connectivity index (χ1n) is 8.07. The normalized spacial score (nSPS) is 19.4. The fourth-order valence-corrected chi connectivity index (χ4v) is 2.98. The number of nitrogens with zero attached hydrogens (tertiary/aromatic N) is 1. The number of anilines is 1. The first-order valence-corrected chi connectivity index (χ1v) is 8.07. The molecule has 0 spiro atoms. The smallest absolute Gasteiger partial charge is 0.193 e. The molecular formula is C19H24IN3O2. The van der Waals surface area contributed by atoms with E-state index in [1.807, 2.05) is 24.3 Å². The number of nitrogens with two attached hydrogens (primary N) is 1. The van der Waals surface area contributed by atoms with Gasteiger partial charge in [0.2, 0.25) is 0 Å². The highest BCUT2D eigenvalue weighted by Crippen LogP contribution is 2.38. The summed E-state index contributed by atoms with van der Waals surface area (Å²) < 4.78 is 10.5. The molecule has 1 aliphatic rings. The molecule has 0 amide bonds. The number of hydrogen-bond acceptors (Lipinski definition) is 3. The Balaban J connectivity index is 0.00000225. The average Bonchev–Trinajstić information content (AvgIpc) is 2.58. The highest BCUT2D eigenvalue weighted by Gasteiger charge is 2.30. The number of ether oxygens (including phenoxy) is 2. The van der Waals surface area contributed by atoms with Crippen LogP contribution in [-0.4, -0.2) is 26.2 Å². The van der Waals surface area contributed by atoms with Gasteiger partial charge in [-0.2, -0.15) is 0 Å². The summed E-state index contributed by atoms with van der Waals surface area (Å²) in [6.07, 6.45) is 2.08. The summed E-state index contributed by atoms with van der Waals surface area (Å²) in [6.45, 7) is 0. The Hall–Kier alpha value is -1.96. The van der Waals surface area contributed by atoms with E-state index in [1.54, 1.807) is 14.2 Å². The molecule has 3 N–H and O–H groups in total. The first-order chi connectivity index (χ1) is 11.7. The van der Waals surface area contributed by atoms with Crippen LogP contribution in [0.5, 0.6) is 11.5 Å². The van der Waals surface area contributed by atoms with Gasteiger partial charge in [0.1, 0.15) is 0 Å². The Morgan fingerprint density at radius 3 is 2.36 bits per heavy atom. The van der Waals surface area contributed by atoms with Gasteiger partial charge < -0.3 is 20.5 Å². The van der Waals surface area contributed by atoms with Gasteiger partial charge in [0.05, 0.1) is 20.3 Å². The molecule has 0 unspecified atom stereocenters. The number of halogens is 1. The number of guanidine groups is 1. The van der Waals surface area contributed by atoms with Crippen LogP contribution < -0.4 is 20.5 Å². The molecule has 0 heterocycles. The van der Waals surface area contributed by atoms with Crippen LogP contribution in [-0.2, 0) is 0 Å². The molecule has 6 heteroatoms. The summed E-state index contributed by atoms with van der Waals surface area (Å²) in [4.78, 5) is 4.56. The van der Waals surface area contributed by atoms with Crippen molar-refractivity contribution in [1.29, 1.82) is 0 Å². The zero-order valence-electron chi connectivity index (χ0n) is 14.4. The Morgan fingerprint density at radius 2 is 1.72 bits per heavy atom. The molecule has 1 aliphatic carbocycles. The van der Waals surface area contributed by atoms with Gasteiger partial charge in [-0.3, -0.25) is 0 Å². The third-order valence-electron chi connectivity index (χ3n) is 4.36. The fraction of sp³-hybridized carbons (Fsp3) is 0.316. The minimum absolute atomic E-state index is 0. The second-order valence-electron chi connectivity index (χ2n) is 5.94. The van der Waals surface area contributed by atoms with E-state index < -0.39 is 0 Å². The maximum atomic E-state index is 6.03. The Kier molecular flexibility index (Phi) is 6.92. The molecule has 2 aromatic carbocycles. The monoisotopic (exact) mass is 453 g/mol. The van der Waals surface area contributed by atoms with Gasteiger partial charge >= 0.3 is 0 Å². The van der Waals surface area contributed by atoms with Crippen molar-refractivity contribution in [1.82, 2.24) is 0 Å². The maximum Gasteiger partial charge on any atom is 0.193 e. The molecular weight excluding hydrogens is 429 g/mol. The molecule has 2 aromatic rings. The quantitative estimate of drug-likeness (QED) is 0.408. The minimum atomic E-state index is 0. The summed E-state index contributed by atoms with van der Waals surface area (Å²) >= 11 is 0. The van der Waals surface area contributed by atoms with Crippen LogP contribution in [0.1, 0.15) is 24.3 Å². The number of nitrogens with one attached hydrogen (secondary N) is 1. The summed E-state index contributed by atoms with van der Waals surface area (Å²) in [5, 5.41) is 3.11. The van der Waals surface area contributed by atoms with Gasteiger partial charge in [-0.1, -0.05) is 30.3 Å². The van der Waals surface area contributed by atoms with E-state index in [0.717, 1.165) is 18.5 Å². The predicted octanol–water partition coefficient (Wildman–Crippen LogP) is 3.99. The lowest BCUT2D eigenvalue weighted by Gasteiger charge is -2.33. The SMILES string of the molecule is COc1ccc(NC(N)=NC2CC(c3ccccc3)C2)cc1OC.I. The molecule has 25 heavy (non-hydrogen) atoms. The van der Waals surface area contributed by atoms with Gasteiger partial charge in [-0.25, -0.2) is 4.99 Å². The van der Waals surface area contributed by atoms with Crippen molar-refractivity contribution in [2.24, 2.45) is 10.7 Å². The molecule has 0 aromatic heterocycles. The lowest BCUT2D eigenvalue weighted by Crippen LogP contribution is -2.31. The van der Waals surface area contributed by atoms with E-state index in [-0.39, 0.29) is 30.0 Å². The zero-order chi connectivity index (χ0) is 16.9. The summed E-state index contributed by atoms with van der Waals surface area (Å²) in [5.74, 6) is 2.36. The molecule has 1 saturated carbocycles. The largest absolute Gasteiger partial charge is 0.493 e. The van der Waals surface area contributed by atoms with Crippen molar-refractivity contribution in [2.75, 3.05) is 19.5 Å². The van der Waals surface area contributed by atoms with Crippen molar-refractivity contribution < 1.29 is 9.47 Å². The van der Waals surface area contributed by atoms with Crippen LogP contribution in [0.15, 0.2) is 53.5 Å². The third kappa shape index (κ3) is 4.78. The summed E-state index contributed by atoms with van der Waals surface area (Å²) in [5.41, 5.74) is 8.24. The fourth-order valence-electron chi connectivity index (χ4n) is 2.98. The molecule has 3 rings (SSSR count). The van der Waals surface area contributed by atoms with Gasteiger partial charge in [0, 0.05) is 11.8 Å². The van der Waals surface area contributed by atoms with E-state index in [1.165, 1.54) is 5.56 Å². The van der Waals surface area contributed by atoms with Gasteiger partial charge in [0.15, 0.2) is 17.5 Å². The lowest BCUT2D eigenvalue weighted by molar-refractivity contribution is 0.353.